The Morgan fingerprint density at radius 3 is 3.06 bits per heavy atom. The van der Waals surface area contributed by atoms with E-state index in [-0.39, 0.29) is 24.8 Å². The third-order valence-electron chi connectivity index (χ3n) is 2.44. The van der Waals surface area contributed by atoms with Crippen molar-refractivity contribution in [2.75, 3.05) is 6.54 Å². The Morgan fingerprint density at radius 2 is 2.29 bits per heavy atom. The first-order valence-corrected chi connectivity index (χ1v) is 5.15. The first kappa shape index (κ1) is 11.2. The van der Waals surface area contributed by atoms with E-state index in [1.807, 2.05) is 6.07 Å². The molecule has 17 heavy (non-hydrogen) atoms. The molecule has 1 heterocycles. The second-order valence-corrected chi connectivity index (χ2v) is 3.63. The Labute approximate surface area is 98.2 Å². The van der Waals surface area contributed by atoms with Gasteiger partial charge >= 0.3 is 0 Å². The highest BCUT2D eigenvalue weighted by Crippen LogP contribution is 2.16. The maximum Gasteiger partial charge on any atom is 0.240 e. The fourth-order valence-electron chi connectivity index (χ4n) is 1.66. The number of hydrogen-bond donors (Lipinski definition) is 1. The maximum atomic E-state index is 13.1. The number of hydrogen-bond acceptors (Lipinski definition) is 1. The van der Waals surface area contributed by atoms with Crippen LogP contribution < -0.4 is 5.32 Å². The summed E-state index contributed by atoms with van der Waals surface area (Å²) in [6.45, 7) is 0.334. The molecule has 1 amide bonds. The van der Waals surface area contributed by atoms with Gasteiger partial charge in [-0.25, -0.2) is 4.39 Å². The molecule has 0 unspecified atom stereocenters. The van der Waals surface area contributed by atoms with Crippen molar-refractivity contribution in [3.05, 3.63) is 36.3 Å². The number of rotatable bonds is 3. The Kier molecular flexibility index (Phi) is 3.10. The molecule has 0 bridgehead atoms. The summed E-state index contributed by atoms with van der Waals surface area (Å²) in [7, 11) is 0. The maximum absolute atomic E-state index is 13.1. The minimum atomic E-state index is -0.318. The fraction of sp³-hybridized carbons (Fsp3) is 0.154. The number of nitrogens with one attached hydrogen (secondary N) is 1. The van der Waals surface area contributed by atoms with Crippen molar-refractivity contribution in [3.8, 4) is 12.3 Å². The molecule has 0 fully saturated rings. The number of amides is 1. The van der Waals surface area contributed by atoms with Crippen molar-refractivity contribution in [2.45, 2.75) is 6.54 Å². The lowest BCUT2D eigenvalue weighted by Crippen LogP contribution is -2.27. The average molecular weight is 230 g/mol. The molecule has 0 aliphatic carbocycles. The molecule has 2 rings (SSSR count). The summed E-state index contributed by atoms with van der Waals surface area (Å²) in [5.74, 6) is 1.82. The number of fused-ring (bicyclic) bond motifs is 1. The number of carbonyl (C=O) groups excluding carboxylic acids is 1. The van der Waals surface area contributed by atoms with Crippen molar-refractivity contribution >= 4 is 16.8 Å². The van der Waals surface area contributed by atoms with Crippen LogP contribution >= 0.6 is 0 Å². The molecular weight excluding hydrogens is 219 g/mol. The lowest BCUT2D eigenvalue weighted by Gasteiger charge is -2.05. The monoisotopic (exact) mass is 230 g/mol. The summed E-state index contributed by atoms with van der Waals surface area (Å²) < 4.78 is 14.8. The number of nitrogens with zero attached hydrogens (tertiary/aromatic N) is 1. The molecule has 1 aromatic carbocycles. The zero-order valence-electron chi connectivity index (χ0n) is 9.11. The third kappa shape index (κ3) is 2.45. The standard InChI is InChI=1S/C13H11FN2O/c1-2-6-15-13(17)9-16-7-5-10-3-4-11(14)8-12(10)16/h1,3-5,7-8H,6,9H2,(H,15,17). The normalized spacial score (nSPS) is 10.1. The topological polar surface area (TPSA) is 34.0 Å². The van der Waals surface area contributed by atoms with Crippen molar-refractivity contribution < 1.29 is 9.18 Å². The summed E-state index contributed by atoms with van der Waals surface area (Å²) in [6, 6.07) is 6.32. The largest absolute Gasteiger partial charge is 0.344 e. The lowest BCUT2D eigenvalue weighted by atomic mass is 10.2. The predicted octanol–water partition coefficient (Wildman–Crippen LogP) is 1.53. The van der Waals surface area contributed by atoms with Gasteiger partial charge in [0, 0.05) is 6.20 Å². The van der Waals surface area contributed by atoms with E-state index in [4.69, 9.17) is 6.42 Å². The number of benzene rings is 1. The van der Waals surface area contributed by atoms with Crippen LogP contribution in [0.3, 0.4) is 0 Å². The molecule has 0 aliphatic heterocycles. The molecule has 0 aliphatic rings. The van der Waals surface area contributed by atoms with Gasteiger partial charge in [0.1, 0.15) is 12.4 Å². The minimum Gasteiger partial charge on any atom is -0.344 e. The Balaban J connectivity index is 2.22. The quantitative estimate of drug-likeness (QED) is 0.797. The van der Waals surface area contributed by atoms with Gasteiger partial charge in [-0.15, -0.1) is 6.42 Å². The second kappa shape index (κ2) is 4.71. The second-order valence-electron chi connectivity index (χ2n) is 3.63. The highest BCUT2D eigenvalue weighted by molar-refractivity contribution is 5.83. The fourth-order valence-corrected chi connectivity index (χ4v) is 1.66. The highest BCUT2D eigenvalue weighted by atomic mass is 19.1. The molecule has 2 aromatic rings. The molecule has 4 heteroatoms. The van der Waals surface area contributed by atoms with Gasteiger partial charge in [-0.3, -0.25) is 4.79 Å². The van der Waals surface area contributed by atoms with Gasteiger partial charge in [-0.1, -0.05) is 5.92 Å². The first-order chi connectivity index (χ1) is 8.20. The summed E-state index contributed by atoms with van der Waals surface area (Å²) in [6.07, 6.45) is 6.79. The van der Waals surface area contributed by atoms with Gasteiger partial charge in [-0.05, 0) is 29.7 Å². The molecule has 0 atom stereocenters. The Morgan fingerprint density at radius 1 is 1.47 bits per heavy atom. The van der Waals surface area contributed by atoms with Crippen molar-refractivity contribution in [1.29, 1.82) is 0 Å². The summed E-state index contributed by atoms with van der Waals surface area (Å²) in [5, 5.41) is 3.46. The molecular formula is C13H11FN2O. The van der Waals surface area contributed by atoms with E-state index in [2.05, 4.69) is 11.2 Å². The summed E-state index contributed by atoms with van der Waals surface area (Å²) >= 11 is 0. The van der Waals surface area contributed by atoms with E-state index < -0.39 is 0 Å². The van der Waals surface area contributed by atoms with Gasteiger partial charge in [-0.2, -0.15) is 0 Å². The van der Waals surface area contributed by atoms with Crippen molar-refractivity contribution in [2.24, 2.45) is 0 Å². The molecule has 86 valence electrons. The predicted molar refractivity (Wildman–Crippen MR) is 63.7 cm³/mol. The number of halogens is 1. The summed E-state index contributed by atoms with van der Waals surface area (Å²) in [5.41, 5.74) is 0.695. The molecule has 1 aromatic heterocycles. The molecule has 3 nitrogen and oxygen atoms in total. The number of carbonyl (C=O) groups is 1. The van der Waals surface area contributed by atoms with Crippen molar-refractivity contribution in [1.82, 2.24) is 9.88 Å². The zero-order chi connectivity index (χ0) is 12.3. The van der Waals surface area contributed by atoms with Crippen LogP contribution in [-0.4, -0.2) is 17.0 Å². The van der Waals surface area contributed by atoms with E-state index in [0.717, 1.165) is 5.39 Å². The smallest absolute Gasteiger partial charge is 0.240 e. The SMILES string of the molecule is C#CCNC(=O)Cn1ccc2ccc(F)cc21. The van der Waals surface area contributed by atoms with Crippen LogP contribution in [0.2, 0.25) is 0 Å². The van der Waals surface area contributed by atoms with Crippen LogP contribution in [0.4, 0.5) is 4.39 Å². The lowest BCUT2D eigenvalue weighted by molar-refractivity contribution is -0.121. The van der Waals surface area contributed by atoms with Crippen LogP contribution in [0.25, 0.3) is 10.9 Å². The van der Waals surface area contributed by atoms with Gasteiger partial charge in [0.15, 0.2) is 0 Å². The molecule has 0 saturated carbocycles. The first-order valence-electron chi connectivity index (χ1n) is 5.15. The van der Waals surface area contributed by atoms with Gasteiger partial charge in [0.2, 0.25) is 5.91 Å². The van der Waals surface area contributed by atoms with E-state index >= 15 is 0 Å². The Hall–Kier alpha value is -2.28. The highest BCUT2D eigenvalue weighted by Gasteiger charge is 2.06. The van der Waals surface area contributed by atoms with Gasteiger partial charge < -0.3 is 9.88 Å². The van der Waals surface area contributed by atoms with E-state index in [1.54, 1.807) is 16.8 Å². The van der Waals surface area contributed by atoms with Crippen LogP contribution in [0, 0.1) is 18.2 Å². The van der Waals surface area contributed by atoms with Crippen LogP contribution in [0.5, 0.6) is 0 Å². The number of aromatic nitrogens is 1. The van der Waals surface area contributed by atoms with Crippen LogP contribution in [0.15, 0.2) is 30.5 Å². The van der Waals surface area contributed by atoms with E-state index in [0.29, 0.717) is 5.52 Å². The summed E-state index contributed by atoms with van der Waals surface area (Å²) in [4.78, 5) is 11.5. The van der Waals surface area contributed by atoms with Gasteiger partial charge in [0.25, 0.3) is 0 Å². The van der Waals surface area contributed by atoms with Crippen LogP contribution in [0.1, 0.15) is 0 Å². The zero-order valence-corrected chi connectivity index (χ0v) is 9.11. The molecule has 0 spiro atoms. The van der Waals surface area contributed by atoms with Crippen molar-refractivity contribution in [3.63, 3.8) is 0 Å². The third-order valence-corrected chi connectivity index (χ3v) is 2.44. The van der Waals surface area contributed by atoms with Crippen LogP contribution in [-0.2, 0) is 11.3 Å². The minimum absolute atomic E-state index is 0.134. The van der Waals surface area contributed by atoms with E-state index in [1.165, 1.54) is 12.1 Å². The molecule has 0 radical (unpaired) electrons. The Bertz CT molecular complexity index is 595. The average Bonchev–Trinajstić information content (AvgIpc) is 2.69. The molecule has 0 saturated heterocycles. The number of terminal acetylenes is 1. The molecule has 1 N–H and O–H groups in total. The van der Waals surface area contributed by atoms with Gasteiger partial charge in [0.05, 0.1) is 12.1 Å². The van der Waals surface area contributed by atoms with E-state index in [9.17, 15) is 9.18 Å².